The van der Waals surface area contributed by atoms with Gasteiger partial charge < -0.3 is 15.4 Å². The summed E-state index contributed by atoms with van der Waals surface area (Å²) in [6, 6.07) is 7.00. The van der Waals surface area contributed by atoms with Crippen molar-refractivity contribution in [3.63, 3.8) is 0 Å². The van der Waals surface area contributed by atoms with Crippen LogP contribution < -0.4 is 10.6 Å². The first-order valence-corrected chi connectivity index (χ1v) is 8.68. The highest BCUT2D eigenvalue weighted by Gasteiger charge is 2.17. The molecule has 1 aliphatic heterocycles. The van der Waals surface area contributed by atoms with Crippen molar-refractivity contribution in [3.8, 4) is 6.07 Å². The number of benzene rings is 1. The van der Waals surface area contributed by atoms with Gasteiger partial charge >= 0.3 is 0 Å². The predicted molar refractivity (Wildman–Crippen MR) is 85.6 cm³/mol. The van der Waals surface area contributed by atoms with Gasteiger partial charge in [-0.05, 0) is 37.1 Å². The fourth-order valence-electron chi connectivity index (χ4n) is 2.13. The van der Waals surface area contributed by atoms with Crippen LogP contribution in [-0.2, 0) is 19.6 Å². The zero-order valence-corrected chi connectivity index (χ0v) is 13.5. The normalized spacial score (nSPS) is 18.0. The van der Waals surface area contributed by atoms with Crippen LogP contribution in [0.15, 0.2) is 40.9 Å². The number of nitrogens with zero attached hydrogens (tertiary/aromatic N) is 1. The third kappa shape index (κ3) is 5.06. The highest BCUT2D eigenvalue weighted by molar-refractivity contribution is 7.85. The SMILES string of the molecule is N#C/C(=C/Nc1ccc(S(=O)(=O)O)cc1)C(=O)NCC1CCCO1. The zero-order valence-electron chi connectivity index (χ0n) is 12.7. The van der Waals surface area contributed by atoms with E-state index in [9.17, 15) is 13.2 Å². The number of carbonyl (C=O) groups excluding carboxylic acids is 1. The van der Waals surface area contributed by atoms with Crippen LogP contribution in [-0.4, -0.2) is 38.1 Å². The molecule has 1 aromatic carbocycles. The highest BCUT2D eigenvalue weighted by Crippen LogP contribution is 2.14. The summed E-state index contributed by atoms with van der Waals surface area (Å²) in [6.45, 7) is 1.03. The molecule has 1 aromatic rings. The fourth-order valence-corrected chi connectivity index (χ4v) is 2.61. The standard InChI is InChI=1S/C15H17N3O5S/c16-8-11(15(19)18-10-13-2-1-7-23-13)9-17-12-3-5-14(6-4-12)24(20,21)22/h3-6,9,13,17H,1-2,7,10H2,(H,18,19)(H,20,21,22)/b11-9-. The molecule has 1 aliphatic rings. The summed E-state index contributed by atoms with van der Waals surface area (Å²) in [5.74, 6) is -0.518. The van der Waals surface area contributed by atoms with E-state index in [0.29, 0.717) is 18.8 Å². The third-order valence-electron chi connectivity index (χ3n) is 3.41. The molecule has 9 heteroatoms. The first-order chi connectivity index (χ1) is 11.4. The van der Waals surface area contributed by atoms with Crippen LogP contribution in [0.4, 0.5) is 5.69 Å². The van der Waals surface area contributed by atoms with Crippen molar-refractivity contribution in [3.05, 3.63) is 36.0 Å². The van der Waals surface area contributed by atoms with Crippen molar-refractivity contribution < 1.29 is 22.5 Å². The lowest BCUT2D eigenvalue weighted by atomic mass is 10.2. The first kappa shape index (κ1) is 17.9. The summed E-state index contributed by atoms with van der Waals surface area (Å²) in [7, 11) is -4.26. The van der Waals surface area contributed by atoms with Crippen LogP contribution in [0.5, 0.6) is 0 Å². The van der Waals surface area contributed by atoms with Crippen molar-refractivity contribution in [1.82, 2.24) is 5.32 Å². The number of nitrogens with one attached hydrogen (secondary N) is 2. The number of anilines is 1. The Hall–Kier alpha value is -2.41. The molecule has 0 spiro atoms. The number of hydrogen-bond donors (Lipinski definition) is 3. The maximum absolute atomic E-state index is 11.9. The smallest absolute Gasteiger partial charge is 0.294 e. The van der Waals surface area contributed by atoms with Gasteiger partial charge in [0.15, 0.2) is 0 Å². The van der Waals surface area contributed by atoms with Crippen molar-refractivity contribution >= 4 is 21.7 Å². The van der Waals surface area contributed by atoms with Crippen LogP contribution in [0.25, 0.3) is 0 Å². The van der Waals surface area contributed by atoms with E-state index in [1.807, 2.05) is 0 Å². The van der Waals surface area contributed by atoms with Gasteiger partial charge in [-0.2, -0.15) is 13.7 Å². The molecule has 1 saturated heterocycles. The largest absolute Gasteiger partial charge is 0.376 e. The summed E-state index contributed by atoms with van der Waals surface area (Å²) in [5, 5.41) is 14.4. The summed E-state index contributed by atoms with van der Waals surface area (Å²) >= 11 is 0. The second-order valence-corrected chi connectivity index (χ2v) is 6.58. The van der Waals surface area contributed by atoms with E-state index in [-0.39, 0.29) is 16.6 Å². The zero-order chi connectivity index (χ0) is 17.6. The molecule has 0 saturated carbocycles. The molecule has 3 N–H and O–H groups in total. The minimum Gasteiger partial charge on any atom is -0.376 e. The molecular formula is C15H17N3O5S. The highest BCUT2D eigenvalue weighted by atomic mass is 32.2. The van der Waals surface area contributed by atoms with Crippen LogP contribution in [0.1, 0.15) is 12.8 Å². The molecule has 8 nitrogen and oxygen atoms in total. The first-order valence-electron chi connectivity index (χ1n) is 7.24. The van der Waals surface area contributed by atoms with Gasteiger partial charge in [0.1, 0.15) is 11.6 Å². The average molecular weight is 351 g/mol. The number of rotatable bonds is 6. The number of hydrogen-bond acceptors (Lipinski definition) is 6. The molecule has 24 heavy (non-hydrogen) atoms. The summed E-state index contributed by atoms with van der Waals surface area (Å²) < 4.78 is 36.2. The predicted octanol–water partition coefficient (Wildman–Crippen LogP) is 1.05. The van der Waals surface area contributed by atoms with Crippen LogP contribution >= 0.6 is 0 Å². The lowest BCUT2D eigenvalue weighted by Crippen LogP contribution is -2.32. The Morgan fingerprint density at radius 1 is 1.42 bits per heavy atom. The summed E-state index contributed by atoms with van der Waals surface area (Å²) in [5.41, 5.74) is 0.342. The quantitative estimate of drug-likeness (QED) is 0.397. The van der Waals surface area contributed by atoms with Gasteiger partial charge in [-0.25, -0.2) is 0 Å². The molecule has 1 atom stereocenters. The molecular weight excluding hydrogens is 334 g/mol. The topological polar surface area (TPSA) is 129 Å². The van der Waals surface area contributed by atoms with Crippen molar-refractivity contribution in [2.24, 2.45) is 0 Å². The maximum Gasteiger partial charge on any atom is 0.294 e. The van der Waals surface area contributed by atoms with Gasteiger partial charge in [-0.1, -0.05) is 0 Å². The second-order valence-electron chi connectivity index (χ2n) is 5.16. The molecule has 0 bridgehead atoms. The van der Waals surface area contributed by atoms with Gasteiger partial charge in [0, 0.05) is 25.0 Å². The lowest BCUT2D eigenvalue weighted by molar-refractivity contribution is -0.117. The summed E-state index contributed by atoms with van der Waals surface area (Å²) in [4.78, 5) is 11.7. The molecule has 0 aliphatic carbocycles. The van der Waals surface area contributed by atoms with E-state index >= 15 is 0 Å². The minimum absolute atomic E-state index is 0.0187. The molecule has 0 radical (unpaired) electrons. The van der Waals surface area contributed by atoms with Gasteiger partial charge in [-0.15, -0.1) is 0 Å². The van der Waals surface area contributed by atoms with Crippen molar-refractivity contribution in [2.75, 3.05) is 18.5 Å². The van der Waals surface area contributed by atoms with E-state index in [0.717, 1.165) is 12.8 Å². The molecule has 1 amide bonds. The van der Waals surface area contributed by atoms with E-state index < -0.39 is 16.0 Å². The number of amides is 1. The van der Waals surface area contributed by atoms with Gasteiger partial charge in [0.2, 0.25) is 0 Å². The number of ether oxygens (including phenoxy) is 1. The Bertz CT molecular complexity index is 759. The molecule has 1 heterocycles. The van der Waals surface area contributed by atoms with E-state index in [4.69, 9.17) is 14.6 Å². The Kier molecular flexibility index (Phi) is 5.92. The van der Waals surface area contributed by atoms with Gasteiger partial charge in [0.25, 0.3) is 16.0 Å². The average Bonchev–Trinajstić information content (AvgIpc) is 3.06. The van der Waals surface area contributed by atoms with Crippen LogP contribution in [0.2, 0.25) is 0 Å². The van der Waals surface area contributed by atoms with E-state index in [2.05, 4.69) is 10.6 Å². The second kappa shape index (κ2) is 7.92. The molecule has 1 fully saturated rings. The van der Waals surface area contributed by atoms with Crippen LogP contribution in [0, 0.1) is 11.3 Å². The van der Waals surface area contributed by atoms with E-state index in [1.54, 1.807) is 6.07 Å². The minimum atomic E-state index is -4.26. The number of carbonyl (C=O) groups is 1. The monoisotopic (exact) mass is 351 g/mol. The number of nitriles is 1. The fraction of sp³-hybridized carbons (Fsp3) is 0.333. The van der Waals surface area contributed by atoms with Crippen molar-refractivity contribution in [2.45, 2.75) is 23.8 Å². The summed E-state index contributed by atoms with van der Waals surface area (Å²) in [6.07, 6.45) is 3.05. The van der Waals surface area contributed by atoms with E-state index in [1.165, 1.54) is 30.5 Å². The van der Waals surface area contributed by atoms with Gasteiger partial charge in [0.05, 0.1) is 11.0 Å². The third-order valence-corrected chi connectivity index (χ3v) is 4.28. The van der Waals surface area contributed by atoms with Crippen molar-refractivity contribution in [1.29, 1.82) is 5.26 Å². The Morgan fingerprint density at radius 2 is 2.12 bits per heavy atom. The Balaban J connectivity index is 1.94. The molecule has 2 rings (SSSR count). The molecule has 128 valence electrons. The molecule has 0 aromatic heterocycles. The Morgan fingerprint density at radius 3 is 2.67 bits per heavy atom. The van der Waals surface area contributed by atoms with Crippen LogP contribution in [0.3, 0.4) is 0 Å². The maximum atomic E-state index is 11.9. The Labute approximate surface area is 139 Å². The van der Waals surface area contributed by atoms with Gasteiger partial charge in [-0.3, -0.25) is 9.35 Å². The molecule has 1 unspecified atom stereocenters. The lowest BCUT2D eigenvalue weighted by Gasteiger charge is -2.10.